The number of rotatable bonds is 14. The van der Waals surface area contributed by atoms with E-state index in [2.05, 4.69) is 5.32 Å². The Kier molecular flexibility index (Phi) is 12.8. The highest BCUT2D eigenvalue weighted by molar-refractivity contribution is 7.92. The first-order valence-corrected chi connectivity index (χ1v) is 17.7. The number of sulfonamides is 1. The molecular formula is C36H36Cl2F3N3O4S. The highest BCUT2D eigenvalue weighted by atomic mass is 35.5. The molecule has 2 amide bonds. The molecular weight excluding hydrogens is 698 g/mol. The maximum absolute atomic E-state index is 14.5. The van der Waals surface area contributed by atoms with Crippen LogP contribution >= 0.6 is 23.2 Å². The van der Waals surface area contributed by atoms with Crippen LogP contribution in [0.5, 0.6) is 0 Å². The van der Waals surface area contributed by atoms with Gasteiger partial charge in [-0.25, -0.2) is 8.42 Å². The van der Waals surface area contributed by atoms with Gasteiger partial charge in [0.25, 0.3) is 10.0 Å². The molecule has 0 aliphatic carbocycles. The summed E-state index contributed by atoms with van der Waals surface area (Å²) in [5.74, 6) is -1.30. The first-order chi connectivity index (χ1) is 23.2. The minimum atomic E-state index is -4.78. The van der Waals surface area contributed by atoms with E-state index in [9.17, 15) is 31.2 Å². The average Bonchev–Trinajstić information content (AvgIpc) is 3.07. The van der Waals surface area contributed by atoms with Gasteiger partial charge in [-0.3, -0.25) is 13.9 Å². The van der Waals surface area contributed by atoms with Crippen molar-refractivity contribution < 1.29 is 31.2 Å². The summed E-state index contributed by atoms with van der Waals surface area (Å²) in [6, 6.07) is 22.0. The smallest absolute Gasteiger partial charge is 0.354 e. The van der Waals surface area contributed by atoms with Crippen LogP contribution in [0, 0.1) is 6.92 Å². The third kappa shape index (κ3) is 9.99. The number of benzene rings is 4. The Morgan fingerprint density at radius 3 is 2.18 bits per heavy atom. The molecule has 0 aliphatic heterocycles. The van der Waals surface area contributed by atoms with E-state index >= 15 is 0 Å². The molecule has 0 saturated carbocycles. The van der Waals surface area contributed by atoms with Crippen LogP contribution in [0.3, 0.4) is 0 Å². The molecule has 0 spiro atoms. The second kappa shape index (κ2) is 16.6. The maximum atomic E-state index is 14.5. The summed E-state index contributed by atoms with van der Waals surface area (Å²) in [5, 5.41) is 3.34. The van der Waals surface area contributed by atoms with Crippen LogP contribution < -0.4 is 9.62 Å². The van der Waals surface area contributed by atoms with Crippen LogP contribution in [0.1, 0.15) is 42.0 Å². The van der Waals surface area contributed by atoms with Crippen LogP contribution in [0.4, 0.5) is 18.9 Å². The number of nitrogens with one attached hydrogen (secondary N) is 1. The zero-order valence-electron chi connectivity index (χ0n) is 26.9. The lowest BCUT2D eigenvalue weighted by molar-refractivity contribution is -0.140. The Morgan fingerprint density at radius 2 is 1.55 bits per heavy atom. The van der Waals surface area contributed by atoms with E-state index < -0.39 is 46.2 Å². The number of hydrogen-bond donors (Lipinski definition) is 1. The van der Waals surface area contributed by atoms with E-state index in [0.717, 1.165) is 29.7 Å². The molecule has 13 heteroatoms. The van der Waals surface area contributed by atoms with Crippen LogP contribution in [0.2, 0.25) is 10.0 Å². The minimum absolute atomic E-state index is 0.0696. The molecule has 49 heavy (non-hydrogen) atoms. The normalized spacial score (nSPS) is 12.3. The van der Waals surface area contributed by atoms with Gasteiger partial charge in [0.05, 0.1) is 26.2 Å². The molecule has 0 fully saturated rings. The molecule has 0 bridgehead atoms. The Balaban J connectivity index is 1.85. The number of anilines is 1. The summed E-state index contributed by atoms with van der Waals surface area (Å²) in [6.07, 6.45) is -3.22. The number of amides is 2. The van der Waals surface area contributed by atoms with Crippen molar-refractivity contribution in [1.29, 1.82) is 0 Å². The van der Waals surface area contributed by atoms with Crippen molar-refractivity contribution in [1.82, 2.24) is 10.2 Å². The lowest BCUT2D eigenvalue weighted by atomic mass is 10.0. The number of carbonyl (C=O) groups excluding carboxylic acids is 2. The third-order valence-corrected chi connectivity index (χ3v) is 10.3. The van der Waals surface area contributed by atoms with Crippen molar-refractivity contribution >= 4 is 50.7 Å². The standard InChI is InChI=1S/C36H36Cl2F3N3O4S/c1-3-4-19-42-35(46)33(21-26-9-6-5-7-10-26)43(23-27-15-18-31(37)32(38)20-27)34(45)24-44(29-12-8-11-28(22-29)36(39,40)41)49(47,48)30-16-13-25(2)14-17-30/h5-18,20,22,33H,3-4,19,21,23-24H2,1-2H3,(H,42,46)/t33-/m1/s1. The van der Waals surface area contributed by atoms with Crippen molar-refractivity contribution in [3.63, 3.8) is 0 Å². The molecule has 1 N–H and O–H groups in total. The zero-order chi connectivity index (χ0) is 35.8. The van der Waals surface area contributed by atoms with Gasteiger partial charge >= 0.3 is 6.18 Å². The lowest BCUT2D eigenvalue weighted by Gasteiger charge is -2.34. The topological polar surface area (TPSA) is 86.8 Å². The van der Waals surface area contributed by atoms with E-state index in [4.69, 9.17) is 23.2 Å². The molecule has 4 rings (SSSR count). The van der Waals surface area contributed by atoms with Crippen LogP contribution in [-0.4, -0.2) is 44.3 Å². The number of hydrogen-bond acceptors (Lipinski definition) is 4. The molecule has 0 unspecified atom stereocenters. The summed E-state index contributed by atoms with van der Waals surface area (Å²) in [7, 11) is -4.59. The Hall–Kier alpha value is -4.06. The number of alkyl halides is 3. The number of carbonyl (C=O) groups is 2. The molecule has 0 aromatic heterocycles. The SMILES string of the molecule is CCCCNC(=O)[C@@H](Cc1ccccc1)N(Cc1ccc(Cl)c(Cl)c1)C(=O)CN(c1cccc(C(F)(F)F)c1)S(=O)(=O)c1ccc(C)cc1. The van der Waals surface area contributed by atoms with E-state index in [1.165, 1.54) is 35.2 Å². The highest BCUT2D eigenvalue weighted by Gasteiger charge is 2.36. The van der Waals surface area contributed by atoms with Gasteiger partial charge in [-0.2, -0.15) is 13.2 Å². The number of unbranched alkanes of at least 4 members (excludes halogenated alkanes) is 1. The molecule has 4 aromatic rings. The van der Waals surface area contributed by atoms with Crippen LogP contribution in [-0.2, 0) is 38.8 Å². The summed E-state index contributed by atoms with van der Waals surface area (Å²) >= 11 is 12.4. The lowest BCUT2D eigenvalue weighted by Crippen LogP contribution is -2.53. The van der Waals surface area contributed by atoms with Gasteiger partial charge in [0, 0.05) is 19.5 Å². The molecule has 7 nitrogen and oxygen atoms in total. The fourth-order valence-corrected chi connectivity index (χ4v) is 6.83. The van der Waals surface area contributed by atoms with Crippen molar-refractivity contribution in [2.45, 2.75) is 56.8 Å². The van der Waals surface area contributed by atoms with Crippen molar-refractivity contribution in [2.75, 3.05) is 17.4 Å². The first-order valence-electron chi connectivity index (χ1n) is 15.5. The van der Waals surface area contributed by atoms with E-state index in [1.54, 1.807) is 55.5 Å². The monoisotopic (exact) mass is 733 g/mol. The fourth-order valence-electron chi connectivity index (χ4n) is 5.10. The van der Waals surface area contributed by atoms with E-state index in [0.29, 0.717) is 28.9 Å². The molecule has 0 aliphatic rings. The van der Waals surface area contributed by atoms with Crippen molar-refractivity contribution in [3.05, 3.63) is 129 Å². The summed E-state index contributed by atoms with van der Waals surface area (Å²) in [5.41, 5.74) is 0.518. The maximum Gasteiger partial charge on any atom is 0.416 e. The number of halogens is 5. The number of nitrogens with zero attached hydrogens (tertiary/aromatic N) is 2. The van der Waals surface area contributed by atoms with Gasteiger partial charge in [-0.1, -0.05) is 96.7 Å². The van der Waals surface area contributed by atoms with Crippen LogP contribution in [0.25, 0.3) is 0 Å². The molecule has 1 atom stereocenters. The third-order valence-electron chi connectivity index (χ3n) is 7.79. The Labute approximate surface area is 294 Å². The van der Waals surface area contributed by atoms with Gasteiger partial charge in [-0.15, -0.1) is 0 Å². The summed E-state index contributed by atoms with van der Waals surface area (Å²) in [4.78, 5) is 29.4. The molecule has 260 valence electrons. The molecule has 4 aromatic carbocycles. The minimum Gasteiger partial charge on any atom is -0.354 e. The second-order valence-corrected chi connectivity index (χ2v) is 14.2. The molecule has 0 heterocycles. The molecule has 0 saturated heterocycles. The predicted octanol–water partition coefficient (Wildman–Crippen LogP) is 8.07. The highest BCUT2D eigenvalue weighted by Crippen LogP contribution is 2.34. The van der Waals surface area contributed by atoms with Gasteiger partial charge < -0.3 is 10.2 Å². The fraction of sp³-hybridized carbons (Fsp3) is 0.278. The summed E-state index contributed by atoms with van der Waals surface area (Å²) < 4.78 is 70.3. The summed E-state index contributed by atoms with van der Waals surface area (Å²) in [6.45, 7) is 2.96. The zero-order valence-corrected chi connectivity index (χ0v) is 29.2. The van der Waals surface area contributed by atoms with E-state index in [-0.39, 0.29) is 33.6 Å². The Bertz CT molecular complexity index is 1860. The van der Waals surface area contributed by atoms with Gasteiger partial charge in [0.1, 0.15) is 12.6 Å². The first kappa shape index (κ1) is 37.8. The van der Waals surface area contributed by atoms with Gasteiger partial charge in [0.2, 0.25) is 11.8 Å². The van der Waals surface area contributed by atoms with E-state index in [1.807, 2.05) is 6.92 Å². The molecule has 0 radical (unpaired) electrons. The quantitative estimate of drug-likeness (QED) is 0.133. The van der Waals surface area contributed by atoms with Crippen molar-refractivity contribution in [2.24, 2.45) is 0 Å². The van der Waals surface area contributed by atoms with Gasteiger partial charge in [0.15, 0.2) is 0 Å². The second-order valence-electron chi connectivity index (χ2n) is 11.5. The largest absolute Gasteiger partial charge is 0.416 e. The Morgan fingerprint density at radius 1 is 0.857 bits per heavy atom. The van der Waals surface area contributed by atoms with Crippen LogP contribution in [0.15, 0.2) is 102 Å². The average molecular weight is 735 g/mol. The van der Waals surface area contributed by atoms with Crippen molar-refractivity contribution in [3.8, 4) is 0 Å². The number of aryl methyl sites for hydroxylation is 1. The predicted molar refractivity (Wildman–Crippen MR) is 186 cm³/mol. The van der Waals surface area contributed by atoms with Gasteiger partial charge in [-0.05, 0) is 66.9 Å².